The molecule has 0 amide bonds. The fourth-order valence-electron chi connectivity index (χ4n) is 1.80. The van der Waals surface area contributed by atoms with Gasteiger partial charge in [-0.25, -0.2) is 0 Å². The predicted octanol–water partition coefficient (Wildman–Crippen LogP) is 4.39. The summed E-state index contributed by atoms with van der Waals surface area (Å²) in [6.07, 6.45) is 1.28. The Bertz CT molecular complexity index is 659. The van der Waals surface area contributed by atoms with Crippen molar-refractivity contribution in [3.63, 3.8) is 0 Å². The van der Waals surface area contributed by atoms with Gasteiger partial charge in [-0.2, -0.15) is 0 Å². The highest BCUT2D eigenvalue weighted by molar-refractivity contribution is 6.35. The summed E-state index contributed by atoms with van der Waals surface area (Å²) in [4.78, 5) is 0. The van der Waals surface area contributed by atoms with Crippen LogP contribution in [0.4, 0.5) is 0 Å². The molecule has 0 aliphatic rings. The first-order chi connectivity index (χ1) is 10.2. The minimum absolute atomic E-state index is 0.239. The smallest absolute Gasteiger partial charge is 0.170 e. The Morgan fingerprint density at radius 3 is 2.71 bits per heavy atom. The van der Waals surface area contributed by atoms with Crippen molar-refractivity contribution in [3.8, 4) is 11.5 Å². The second-order valence-electron chi connectivity index (χ2n) is 4.15. The molecule has 0 atom stereocenters. The highest BCUT2D eigenvalue weighted by Crippen LogP contribution is 2.31. The van der Waals surface area contributed by atoms with Crippen molar-refractivity contribution in [2.24, 2.45) is 5.16 Å². The van der Waals surface area contributed by atoms with Crippen LogP contribution >= 0.6 is 23.2 Å². The van der Waals surface area contributed by atoms with E-state index in [0.717, 1.165) is 5.56 Å². The van der Waals surface area contributed by atoms with Crippen molar-refractivity contribution in [3.05, 3.63) is 57.6 Å². The zero-order chi connectivity index (χ0) is 15.2. The third-order valence-electron chi connectivity index (χ3n) is 2.81. The number of nitrogens with zero attached hydrogens (tertiary/aromatic N) is 1. The molecule has 0 heterocycles. The number of halogens is 2. The molecule has 1 N–H and O–H groups in total. The summed E-state index contributed by atoms with van der Waals surface area (Å²) in [5.41, 5.74) is 1.39. The molecule has 110 valence electrons. The molecule has 2 aromatic carbocycles. The van der Waals surface area contributed by atoms with Crippen LogP contribution in [0.1, 0.15) is 11.1 Å². The first-order valence-electron chi connectivity index (χ1n) is 6.07. The molecule has 0 aromatic heterocycles. The van der Waals surface area contributed by atoms with Crippen LogP contribution in [0, 0.1) is 0 Å². The van der Waals surface area contributed by atoms with E-state index in [9.17, 15) is 0 Å². The first-order valence-corrected chi connectivity index (χ1v) is 6.82. The molecular formula is C15H13Cl2NO3. The Labute approximate surface area is 132 Å². The van der Waals surface area contributed by atoms with Gasteiger partial charge in [0.15, 0.2) is 11.5 Å². The Morgan fingerprint density at radius 1 is 1.24 bits per heavy atom. The molecule has 2 aromatic rings. The number of benzene rings is 2. The molecule has 4 nitrogen and oxygen atoms in total. The predicted molar refractivity (Wildman–Crippen MR) is 83.2 cm³/mol. The normalized spacial score (nSPS) is 10.8. The third-order valence-corrected chi connectivity index (χ3v) is 3.40. The number of rotatable bonds is 5. The Morgan fingerprint density at radius 2 is 2.05 bits per heavy atom. The fourth-order valence-corrected chi connectivity index (χ4v) is 2.26. The van der Waals surface area contributed by atoms with Gasteiger partial charge in [0.1, 0.15) is 6.61 Å². The van der Waals surface area contributed by atoms with Gasteiger partial charge in [-0.3, -0.25) is 0 Å². The summed E-state index contributed by atoms with van der Waals surface area (Å²) >= 11 is 12.0. The van der Waals surface area contributed by atoms with Gasteiger partial charge in [-0.15, -0.1) is 0 Å². The van der Waals surface area contributed by atoms with E-state index in [-0.39, 0.29) is 6.61 Å². The molecule has 0 aliphatic carbocycles. The lowest BCUT2D eigenvalue weighted by atomic mass is 10.2. The summed E-state index contributed by atoms with van der Waals surface area (Å²) in [6, 6.07) is 10.5. The van der Waals surface area contributed by atoms with Crippen LogP contribution in [0.15, 0.2) is 41.6 Å². The standard InChI is InChI=1S/C15H13Cl2NO3/c1-20-14-4-2-3-10(8-18-19)15(14)21-9-11-5-6-12(16)7-13(11)17/h2-8,19H,9H2,1H3/b18-8+. The van der Waals surface area contributed by atoms with Gasteiger partial charge < -0.3 is 14.7 Å². The van der Waals surface area contributed by atoms with Gasteiger partial charge in [0.2, 0.25) is 0 Å². The molecule has 0 aliphatic heterocycles. The number of methoxy groups -OCH3 is 1. The third kappa shape index (κ3) is 3.80. The molecule has 0 unspecified atom stereocenters. The molecule has 6 heteroatoms. The Balaban J connectivity index is 2.26. The lowest BCUT2D eigenvalue weighted by Crippen LogP contribution is -2.01. The van der Waals surface area contributed by atoms with Crippen LogP contribution < -0.4 is 9.47 Å². The number of hydrogen-bond acceptors (Lipinski definition) is 4. The Hall–Kier alpha value is -1.91. The molecule has 0 saturated carbocycles. The highest BCUT2D eigenvalue weighted by atomic mass is 35.5. The van der Waals surface area contributed by atoms with Crippen molar-refractivity contribution < 1.29 is 14.7 Å². The summed E-state index contributed by atoms with van der Waals surface area (Å²) in [5, 5.41) is 12.8. The van der Waals surface area contributed by atoms with Crippen LogP contribution in [-0.2, 0) is 6.61 Å². The SMILES string of the molecule is COc1cccc(/C=N/O)c1OCc1ccc(Cl)cc1Cl. The van der Waals surface area contributed by atoms with Crippen molar-refractivity contribution >= 4 is 29.4 Å². The van der Waals surface area contributed by atoms with Crippen molar-refractivity contribution in [2.75, 3.05) is 7.11 Å². The van der Waals surface area contributed by atoms with Gasteiger partial charge in [-0.1, -0.05) is 40.5 Å². The topological polar surface area (TPSA) is 51.0 Å². The second-order valence-corrected chi connectivity index (χ2v) is 4.99. The van der Waals surface area contributed by atoms with E-state index in [1.54, 1.807) is 36.4 Å². The Kier molecular flexibility index (Phi) is 5.31. The van der Waals surface area contributed by atoms with Gasteiger partial charge in [0, 0.05) is 21.2 Å². The van der Waals surface area contributed by atoms with E-state index < -0.39 is 0 Å². The van der Waals surface area contributed by atoms with Crippen molar-refractivity contribution in [2.45, 2.75) is 6.61 Å². The van der Waals surface area contributed by atoms with Crippen LogP contribution in [0.3, 0.4) is 0 Å². The lowest BCUT2D eigenvalue weighted by Gasteiger charge is -2.13. The fraction of sp³-hybridized carbons (Fsp3) is 0.133. The number of hydrogen-bond donors (Lipinski definition) is 1. The molecule has 0 bridgehead atoms. The van der Waals surface area contributed by atoms with E-state index in [2.05, 4.69) is 5.16 Å². The zero-order valence-corrected chi connectivity index (χ0v) is 12.7. The molecule has 0 saturated heterocycles. The summed E-state index contributed by atoms with van der Waals surface area (Å²) in [5.74, 6) is 1.02. The van der Waals surface area contributed by atoms with E-state index >= 15 is 0 Å². The van der Waals surface area contributed by atoms with Gasteiger partial charge in [-0.05, 0) is 24.3 Å². The minimum Gasteiger partial charge on any atom is -0.493 e. The van der Waals surface area contributed by atoms with Gasteiger partial charge in [0.05, 0.1) is 13.3 Å². The van der Waals surface area contributed by atoms with E-state index in [1.165, 1.54) is 13.3 Å². The van der Waals surface area contributed by atoms with Crippen molar-refractivity contribution in [1.82, 2.24) is 0 Å². The average Bonchev–Trinajstić information content (AvgIpc) is 2.47. The lowest BCUT2D eigenvalue weighted by molar-refractivity contribution is 0.283. The second kappa shape index (κ2) is 7.20. The van der Waals surface area contributed by atoms with Gasteiger partial charge in [0.25, 0.3) is 0 Å². The van der Waals surface area contributed by atoms with E-state index in [1.807, 2.05) is 0 Å². The first kappa shape index (κ1) is 15.5. The molecule has 0 radical (unpaired) electrons. The molecule has 0 spiro atoms. The van der Waals surface area contributed by atoms with Crippen molar-refractivity contribution in [1.29, 1.82) is 0 Å². The maximum Gasteiger partial charge on any atom is 0.170 e. The highest BCUT2D eigenvalue weighted by Gasteiger charge is 2.11. The molecule has 21 heavy (non-hydrogen) atoms. The maximum absolute atomic E-state index is 8.70. The number of oxime groups is 1. The number of para-hydroxylation sites is 1. The average molecular weight is 326 g/mol. The monoisotopic (exact) mass is 325 g/mol. The van der Waals surface area contributed by atoms with Crippen LogP contribution in [-0.4, -0.2) is 18.5 Å². The van der Waals surface area contributed by atoms with Crippen LogP contribution in [0.2, 0.25) is 10.0 Å². The van der Waals surface area contributed by atoms with Crippen LogP contribution in [0.5, 0.6) is 11.5 Å². The summed E-state index contributed by atoms with van der Waals surface area (Å²) in [6.45, 7) is 0.239. The van der Waals surface area contributed by atoms with Crippen LogP contribution in [0.25, 0.3) is 0 Å². The zero-order valence-electron chi connectivity index (χ0n) is 11.2. The van der Waals surface area contributed by atoms with Gasteiger partial charge >= 0.3 is 0 Å². The minimum atomic E-state index is 0.239. The summed E-state index contributed by atoms with van der Waals surface area (Å²) in [7, 11) is 1.54. The number of ether oxygens (including phenoxy) is 2. The van der Waals surface area contributed by atoms with E-state index in [4.69, 9.17) is 37.9 Å². The largest absolute Gasteiger partial charge is 0.493 e. The van der Waals surface area contributed by atoms with E-state index in [0.29, 0.717) is 27.1 Å². The summed E-state index contributed by atoms with van der Waals surface area (Å²) < 4.78 is 11.0. The molecule has 0 fully saturated rings. The quantitative estimate of drug-likeness (QED) is 0.504. The molecule has 2 rings (SSSR count). The maximum atomic E-state index is 8.70. The molecular weight excluding hydrogens is 313 g/mol.